The van der Waals surface area contributed by atoms with Gasteiger partial charge in [0.25, 0.3) is 11.8 Å². The standard InChI is InChI=1S/C12H8F2N2O3S/c13-11(14)19-8-4-2-1-3-6(8)5-7-9(17)15-12(20)16-10(7)18/h1-5,11H,(H2,15,16,17,18,20). The van der Waals surface area contributed by atoms with Crippen LogP contribution < -0.4 is 15.4 Å². The largest absolute Gasteiger partial charge is 0.434 e. The van der Waals surface area contributed by atoms with E-state index in [9.17, 15) is 18.4 Å². The molecule has 0 spiro atoms. The van der Waals surface area contributed by atoms with Crippen molar-refractivity contribution in [1.29, 1.82) is 0 Å². The van der Waals surface area contributed by atoms with Crippen molar-refractivity contribution >= 4 is 35.2 Å². The Balaban J connectivity index is 2.37. The Morgan fingerprint density at radius 2 is 1.75 bits per heavy atom. The van der Waals surface area contributed by atoms with Gasteiger partial charge in [0, 0.05) is 5.56 Å². The molecule has 1 aromatic carbocycles. The summed E-state index contributed by atoms with van der Waals surface area (Å²) < 4.78 is 28.8. The van der Waals surface area contributed by atoms with Gasteiger partial charge in [-0.2, -0.15) is 8.78 Å². The van der Waals surface area contributed by atoms with Crippen molar-refractivity contribution < 1.29 is 23.1 Å². The second-order valence-electron chi connectivity index (χ2n) is 3.71. The van der Waals surface area contributed by atoms with Crippen LogP contribution >= 0.6 is 12.2 Å². The lowest BCUT2D eigenvalue weighted by molar-refractivity contribution is -0.123. The number of benzene rings is 1. The number of ether oxygens (including phenoxy) is 1. The zero-order valence-corrected chi connectivity index (χ0v) is 10.7. The molecule has 0 saturated carbocycles. The van der Waals surface area contributed by atoms with Gasteiger partial charge in [-0.15, -0.1) is 0 Å². The van der Waals surface area contributed by atoms with Gasteiger partial charge in [0.2, 0.25) is 0 Å². The van der Waals surface area contributed by atoms with Gasteiger partial charge in [-0.1, -0.05) is 18.2 Å². The van der Waals surface area contributed by atoms with Gasteiger partial charge >= 0.3 is 6.61 Å². The number of hydrogen-bond acceptors (Lipinski definition) is 4. The summed E-state index contributed by atoms with van der Waals surface area (Å²) in [6.07, 6.45) is 1.16. The van der Waals surface area contributed by atoms with Crippen LogP contribution in [0.2, 0.25) is 0 Å². The lowest BCUT2D eigenvalue weighted by Crippen LogP contribution is -2.51. The van der Waals surface area contributed by atoms with Crippen LogP contribution in [0, 0.1) is 0 Å². The molecule has 2 amide bonds. The summed E-state index contributed by atoms with van der Waals surface area (Å²) in [5.74, 6) is -1.54. The summed E-state index contributed by atoms with van der Waals surface area (Å²) in [5.41, 5.74) is -0.0650. The Morgan fingerprint density at radius 3 is 2.35 bits per heavy atom. The number of rotatable bonds is 3. The molecule has 1 aromatic rings. The Hall–Kier alpha value is -2.35. The number of para-hydroxylation sites is 1. The van der Waals surface area contributed by atoms with E-state index in [-0.39, 0.29) is 22.0 Å². The molecule has 0 aliphatic carbocycles. The number of thiocarbonyl (C=S) groups is 1. The van der Waals surface area contributed by atoms with Gasteiger partial charge in [0.05, 0.1) is 0 Å². The second kappa shape index (κ2) is 5.74. The number of carbonyl (C=O) groups excluding carboxylic acids is 2. The zero-order chi connectivity index (χ0) is 14.7. The van der Waals surface area contributed by atoms with E-state index in [2.05, 4.69) is 27.6 Å². The van der Waals surface area contributed by atoms with Crippen LogP contribution in [0.1, 0.15) is 5.56 Å². The highest BCUT2D eigenvalue weighted by molar-refractivity contribution is 7.80. The molecule has 0 bridgehead atoms. The lowest BCUT2D eigenvalue weighted by atomic mass is 10.1. The van der Waals surface area contributed by atoms with Crippen LogP contribution in [0.3, 0.4) is 0 Å². The summed E-state index contributed by atoms with van der Waals surface area (Å²) in [7, 11) is 0. The third-order valence-corrected chi connectivity index (χ3v) is 2.58. The molecule has 2 N–H and O–H groups in total. The van der Waals surface area contributed by atoms with Crippen molar-refractivity contribution in [2.24, 2.45) is 0 Å². The second-order valence-corrected chi connectivity index (χ2v) is 4.12. The molecule has 1 fully saturated rings. The molecule has 1 aliphatic heterocycles. The van der Waals surface area contributed by atoms with Gasteiger partial charge < -0.3 is 4.74 Å². The first kappa shape index (κ1) is 14.1. The van der Waals surface area contributed by atoms with Crippen LogP contribution in [-0.4, -0.2) is 23.5 Å². The molecule has 1 saturated heterocycles. The maximum absolute atomic E-state index is 12.3. The predicted molar refractivity (Wildman–Crippen MR) is 69.9 cm³/mol. The molecule has 0 radical (unpaired) electrons. The minimum atomic E-state index is -3.00. The molecule has 5 nitrogen and oxygen atoms in total. The Kier molecular flexibility index (Phi) is 4.04. The maximum Gasteiger partial charge on any atom is 0.387 e. The van der Waals surface area contributed by atoms with E-state index in [0.717, 1.165) is 6.08 Å². The van der Waals surface area contributed by atoms with Gasteiger partial charge in [-0.05, 0) is 24.4 Å². The topological polar surface area (TPSA) is 67.4 Å². The fourth-order valence-corrected chi connectivity index (χ4v) is 1.75. The first-order chi connectivity index (χ1) is 9.47. The monoisotopic (exact) mass is 298 g/mol. The molecule has 0 atom stereocenters. The molecule has 104 valence electrons. The molecule has 2 rings (SSSR count). The van der Waals surface area contributed by atoms with Gasteiger partial charge in [-0.3, -0.25) is 20.2 Å². The van der Waals surface area contributed by atoms with E-state index < -0.39 is 18.4 Å². The average Bonchev–Trinajstić information content (AvgIpc) is 2.34. The molecule has 0 unspecified atom stereocenters. The molecule has 0 aromatic heterocycles. The molecule has 1 heterocycles. The summed E-state index contributed by atoms with van der Waals surface area (Å²) >= 11 is 4.65. The maximum atomic E-state index is 12.3. The first-order valence-corrected chi connectivity index (χ1v) is 5.80. The van der Waals surface area contributed by atoms with E-state index in [1.165, 1.54) is 18.2 Å². The highest BCUT2D eigenvalue weighted by Gasteiger charge is 2.26. The minimum Gasteiger partial charge on any atom is -0.434 e. The van der Waals surface area contributed by atoms with Crippen molar-refractivity contribution in [1.82, 2.24) is 10.6 Å². The van der Waals surface area contributed by atoms with Gasteiger partial charge in [-0.25, -0.2) is 0 Å². The summed E-state index contributed by atoms with van der Waals surface area (Å²) in [6.45, 7) is -3.00. The van der Waals surface area contributed by atoms with Crippen molar-refractivity contribution in [2.45, 2.75) is 6.61 Å². The number of hydrogen-bond donors (Lipinski definition) is 2. The average molecular weight is 298 g/mol. The minimum absolute atomic E-state index is 0.103. The van der Waals surface area contributed by atoms with E-state index in [0.29, 0.717) is 0 Å². The summed E-state index contributed by atoms with van der Waals surface area (Å²) in [6, 6.07) is 5.81. The van der Waals surface area contributed by atoms with Crippen LogP contribution in [0.4, 0.5) is 8.78 Å². The summed E-state index contributed by atoms with van der Waals surface area (Å²) in [5, 5.41) is 4.38. The highest BCUT2D eigenvalue weighted by atomic mass is 32.1. The van der Waals surface area contributed by atoms with E-state index in [1.54, 1.807) is 6.07 Å². The molecular formula is C12H8F2N2O3S. The fourth-order valence-electron chi connectivity index (χ4n) is 1.56. The van der Waals surface area contributed by atoms with Crippen molar-refractivity contribution in [3.8, 4) is 5.75 Å². The number of alkyl halides is 2. The predicted octanol–water partition coefficient (Wildman–Crippen LogP) is 1.20. The molecule has 8 heteroatoms. The molecule has 20 heavy (non-hydrogen) atoms. The van der Waals surface area contributed by atoms with Crippen molar-refractivity contribution in [2.75, 3.05) is 0 Å². The smallest absolute Gasteiger partial charge is 0.387 e. The van der Waals surface area contributed by atoms with Crippen LogP contribution in [-0.2, 0) is 9.59 Å². The Labute approximate surface area is 117 Å². The zero-order valence-electron chi connectivity index (χ0n) is 9.85. The Morgan fingerprint density at radius 1 is 1.15 bits per heavy atom. The fraction of sp³-hybridized carbons (Fsp3) is 0.0833. The Bertz CT molecular complexity index is 594. The number of carbonyl (C=O) groups is 2. The third-order valence-electron chi connectivity index (χ3n) is 2.38. The SMILES string of the molecule is O=C1NC(=S)NC(=O)C1=Cc1ccccc1OC(F)F. The van der Waals surface area contributed by atoms with E-state index in [4.69, 9.17) is 0 Å². The third kappa shape index (κ3) is 3.15. The van der Waals surface area contributed by atoms with Crippen LogP contribution in [0.5, 0.6) is 5.75 Å². The molecular weight excluding hydrogens is 290 g/mol. The summed E-state index contributed by atoms with van der Waals surface area (Å²) in [4.78, 5) is 23.3. The number of amides is 2. The quantitative estimate of drug-likeness (QED) is 0.500. The van der Waals surface area contributed by atoms with Gasteiger partial charge in [0.15, 0.2) is 5.11 Å². The van der Waals surface area contributed by atoms with Crippen molar-refractivity contribution in [3.05, 3.63) is 35.4 Å². The first-order valence-electron chi connectivity index (χ1n) is 5.39. The van der Waals surface area contributed by atoms with E-state index in [1.807, 2.05) is 0 Å². The normalized spacial score (nSPS) is 14.9. The van der Waals surface area contributed by atoms with E-state index >= 15 is 0 Å². The van der Waals surface area contributed by atoms with Crippen molar-refractivity contribution in [3.63, 3.8) is 0 Å². The number of halogens is 2. The van der Waals surface area contributed by atoms with Crippen LogP contribution in [0.15, 0.2) is 29.8 Å². The highest BCUT2D eigenvalue weighted by Crippen LogP contribution is 2.23. The molecule has 1 aliphatic rings. The lowest BCUT2D eigenvalue weighted by Gasteiger charge is -2.16. The van der Waals surface area contributed by atoms with Crippen LogP contribution in [0.25, 0.3) is 6.08 Å². The number of nitrogens with one attached hydrogen (secondary N) is 2. The van der Waals surface area contributed by atoms with Gasteiger partial charge in [0.1, 0.15) is 11.3 Å².